The zero-order chi connectivity index (χ0) is 23.0. The molecule has 0 saturated carbocycles. The molecule has 0 aliphatic carbocycles. The summed E-state index contributed by atoms with van der Waals surface area (Å²) in [5.74, 6) is 1.25. The number of amides is 1. The van der Waals surface area contributed by atoms with Crippen LogP contribution in [-0.4, -0.2) is 24.1 Å². The third-order valence-corrected chi connectivity index (χ3v) is 6.07. The van der Waals surface area contributed by atoms with Gasteiger partial charge in [-0.2, -0.15) is 0 Å². The van der Waals surface area contributed by atoms with Crippen LogP contribution >= 0.6 is 12.2 Å². The summed E-state index contributed by atoms with van der Waals surface area (Å²) in [6.45, 7) is 4.99. The van der Waals surface area contributed by atoms with Gasteiger partial charge in [-0.15, -0.1) is 0 Å². The van der Waals surface area contributed by atoms with Crippen LogP contribution < -0.4 is 20.3 Å². The van der Waals surface area contributed by atoms with Crippen LogP contribution in [0.3, 0.4) is 0 Å². The second-order valence-corrected chi connectivity index (χ2v) is 8.83. The number of rotatable bonds is 6. The Morgan fingerprint density at radius 2 is 1.64 bits per heavy atom. The first-order valence-electron chi connectivity index (χ1n) is 11.3. The molecule has 3 aromatic rings. The van der Waals surface area contributed by atoms with Crippen molar-refractivity contribution in [3.63, 3.8) is 0 Å². The predicted molar refractivity (Wildman–Crippen MR) is 138 cm³/mol. The molecule has 1 heterocycles. The minimum absolute atomic E-state index is 0.263. The highest BCUT2D eigenvalue weighted by Gasteiger charge is 2.16. The van der Waals surface area contributed by atoms with E-state index in [4.69, 9.17) is 17.0 Å². The minimum Gasteiger partial charge on any atom is -0.489 e. The number of nitrogens with one attached hydrogen (secondary N) is 2. The van der Waals surface area contributed by atoms with Crippen LogP contribution in [0.4, 0.5) is 11.4 Å². The maximum Gasteiger partial charge on any atom is 0.257 e. The Morgan fingerprint density at radius 1 is 0.970 bits per heavy atom. The number of carbonyl (C=O) groups excluding carboxylic acids is 1. The molecule has 33 heavy (non-hydrogen) atoms. The van der Waals surface area contributed by atoms with Gasteiger partial charge >= 0.3 is 0 Å². The van der Waals surface area contributed by atoms with Gasteiger partial charge in [0.15, 0.2) is 5.11 Å². The SMILES string of the molecule is CC1CCN(c2ccc(NC(=S)NC(=O)c3ccc(OCc4ccccc4)cc3)cc2)CC1. The average molecular weight is 460 g/mol. The maximum absolute atomic E-state index is 12.5. The van der Waals surface area contributed by atoms with Gasteiger partial charge in [0.25, 0.3) is 5.91 Å². The molecule has 0 atom stereocenters. The summed E-state index contributed by atoms with van der Waals surface area (Å²) in [4.78, 5) is 15.0. The Kier molecular flexibility index (Phi) is 7.58. The molecular formula is C27H29N3O2S. The van der Waals surface area contributed by atoms with Gasteiger partial charge in [0, 0.05) is 30.0 Å². The molecule has 170 valence electrons. The van der Waals surface area contributed by atoms with Crippen LogP contribution in [0, 0.1) is 5.92 Å². The molecule has 1 fully saturated rings. The van der Waals surface area contributed by atoms with Crippen molar-refractivity contribution in [2.45, 2.75) is 26.4 Å². The zero-order valence-electron chi connectivity index (χ0n) is 18.8. The lowest BCUT2D eigenvalue weighted by Crippen LogP contribution is -2.34. The van der Waals surface area contributed by atoms with Crippen LogP contribution in [-0.2, 0) is 6.61 Å². The molecule has 0 radical (unpaired) electrons. The van der Waals surface area contributed by atoms with Crippen LogP contribution in [0.2, 0.25) is 0 Å². The van der Waals surface area contributed by atoms with E-state index in [1.54, 1.807) is 24.3 Å². The summed E-state index contributed by atoms with van der Waals surface area (Å²) < 4.78 is 5.77. The molecule has 0 aromatic heterocycles. The van der Waals surface area contributed by atoms with Crippen molar-refractivity contribution in [2.24, 2.45) is 5.92 Å². The van der Waals surface area contributed by atoms with E-state index >= 15 is 0 Å². The van der Waals surface area contributed by atoms with Crippen molar-refractivity contribution in [3.05, 3.63) is 90.0 Å². The van der Waals surface area contributed by atoms with Gasteiger partial charge in [-0.1, -0.05) is 37.3 Å². The van der Waals surface area contributed by atoms with Gasteiger partial charge in [0.2, 0.25) is 0 Å². The molecule has 5 nitrogen and oxygen atoms in total. The monoisotopic (exact) mass is 459 g/mol. The van der Waals surface area contributed by atoms with E-state index < -0.39 is 0 Å². The standard InChI is InChI=1S/C27H29N3O2S/c1-20-15-17-30(18-16-20)24-11-9-23(10-12-24)28-27(33)29-26(31)22-7-13-25(14-8-22)32-19-21-5-3-2-4-6-21/h2-14,20H,15-19H2,1H3,(H2,28,29,31,33). The van der Waals surface area contributed by atoms with E-state index in [-0.39, 0.29) is 11.0 Å². The van der Waals surface area contributed by atoms with Gasteiger partial charge in [-0.05, 0) is 85.1 Å². The topological polar surface area (TPSA) is 53.6 Å². The Morgan fingerprint density at radius 3 is 2.30 bits per heavy atom. The smallest absolute Gasteiger partial charge is 0.257 e. The number of ether oxygens (including phenoxy) is 1. The van der Waals surface area contributed by atoms with E-state index in [0.717, 1.165) is 30.3 Å². The van der Waals surface area contributed by atoms with Crippen molar-refractivity contribution in [1.82, 2.24) is 5.32 Å². The van der Waals surface area contributed by atoms with Crippen molar-refractivity contribution >= 4 is 34.6 Å². The molecule has 0 spiro atoms. The lowest BCUT2D eigenvalue weighted by atomic mass is 9.99. The summed E-state index contributed by atoms with van der Waals surface area (Å²) in [7, 11) is 0. The highest BCUT2D eigenvalue weighted by atomic mass is 32.1. The van der Waals surface area contributed by atoms with Gasteiger partial charge in [0.05, 0.1) is 0 Å². The number of hydrogen-bond acceptors (Lipinski definition) is 4. The summed E-state index contributed by atoms with van der Waals surface area (Å²) in [6.07, 6.45) is 2.46. The molecule has 6 heteroatoms. The maximum atomic E-state index is 12.5. The minimum atomic E-state index is -0.263. The zero-order valence-corrected chi connectivity index (χ0v) is 19.6. The molecule has 0 unspecified atom stereocenters. The third kappa shape index (κ3) is 6.56. The first kappa shape index (κ1) is 22.8. The van der Waals surface area contributed by atoms with Gasteiger partial charge in [-0.25, -0.2) is 0 Å². The predicted octanol–water partition coefficient (Wildman–Crippen LogP) is 5.63. The van der Waals surface area contributed by atoms with Crippen molar-refractivity contribution < 1.29 is 9.53 Å². The molecule has 1 aliphatic heterocycles. The Bertz CT molecular complexity index is 1060. The number of piperidine rings is 1. The first-order valence-corrected chi connectivity index (χ1v) is 11.7. The fraction of sp³-hybridized carbons (Fsp3) is 0.259. The van der Waals surface area contributed by atoms with Gasteiger partial charge < -0.3 is 15.0 Å². The summed E-state index contributed by atoms with van der Waals surface area (Å²) in [5, 5.41) is 6.09. The van der Waals surface area contributed by atoms with Gasteiger partial charge in [-0.3, -0.25) is 10.1 Å². The molecule has 4 rings (SSSR count). The second-order valence-electron chi connectivity index (χ2n) is 8.42. The highest BCUT2D eigenvalue weighted by molar-refractivity contribution is 7.80. The van der Waals surface area contributed by atoms with E-state index in [2.05, 4.69) is 34.6 Å². The molecule has 0 bridgehead atoms. The molecule has 2 N–H and O–H groups in total. The highest BCUT2D eigenvalue weighted by Crippen LogP contribution is 2.24. The van der Waals surface area contributed by atoms with E-state index in [0.29, 0.717) is 17.9 Å². The van der Waals surface area contributed by atoms with Crippen LogP contribution in [0.25, 0.3) is 0 Å². The van der Waals surface area contributed by atoms with Crippen LogP contribution in [0.1, 0.15) is 35.7 Å². The molecule has 1 saturated heterocycles. The largest absolute Gasteiger partial charge is 0.489 e. The number of anilines is 2. The third-order valence-electron chi connectivity index (χ3n) is 5.87. The number of hydrogen-bond donors (Lipinski definition) is 2. The van der Waals surface area contributed by atoms with Crippen molar-refractivity contribution in [3.8, 4) is 5.75 Å². The average Bonchev–Trinajstić information content (AvgIpc) is 2.85. The number of thiocarbonyl (C=S) groups is 1. The molecular weight excluding hydrogens is 430 g/mol. The molecule has 1 amide bonds. The van der Waals surface area contributed by atoms with Crippen molar-refractivity contribution in [2.75, 3.05) is 23.3 Å². The fourth-order valence-electron chi connectivity index (χ4n) is 3.80. The Hall–Kier alpha value is -3.38. The number of carbonyl (C=O) groups is 1. The van der Waals surface area contributed by atoms with E-state index in [1.807, 2.05) is 42.5 Å². The Labute approximate surface area is 200 Å². The number of nitrogens with zero attached hydrogens (tertiary/aromatic N) is 1. The van der Waals surface area contributed by atoms with E-state index in [9.17, 15) is 4.79 Å². The Balaban J connectivity index is 1.25. The second kappa shape index (κ2) is 11.0. The van der Waals surface area contributed by atoms with Crippen LogP contribution in [0.5, 0.6) is 5.75 Å². The molecule has 3 aromatic carbocycles. The normalized spacial score (nSPS) is 13.9. The summed E-state index contributed by atoms with van der Waals surface area (Å²) >= 11 is 5.33. The van der Waals surface area contributed by atoms with Crippen molar-refractivity contribution in [1.29, 1.82) is 0 Å². The number of benzene rings is 3. The van der Waals surface area contributed by atoms with E-state index in [1.165, 1.54) is 18.5 Å². The molecule has 1 aliphatic rings. The summed E-state index contributed by atoms with van der Waals surface area (Å²) in [5.41, 5.74) is 3.67. The van der Waals surface area contributed by atoms with Gasteiger partial charge in [0.1, 0.15) is 12.4 Å². The first-order chi connectivity index (χ1) is 16.1. The lowest BCUT2D eigenvalue weighted by molar-refractivity contribution is 0.0977. The quantitative estimate of drug-likeness (QED) is 0.468. The fourth-order valence-corrected chi connectivity index (χ4v) is 4.01. The summed E-state index contributed by atoms with van der Waals surface area (Å²) in [6, 6.07) is 25.2. The van der Waals surface area contributed by atoms with Crippen LogP contribution in [0.15, 0.2) is 78.9 Å². The lowest BCUT2D eigenvalue weighted by Gasteiger charge is -2.32.